The number of anilines is 6. The van der Waals surface area contributed by atoms with Gasteiger partial charge in [0.15, 0.2) is 0 Å². The van der Waals surface area contributed by atoms with Crippen LogP contribution in [-0.2, 0) is 0 Å². The summed E-state index contributed by atoms with van der Waals surface area (Å²) in [6.07, 6.45) is 0.709. The zero-order valence-corrected chi connectivity index (χ0v) is 22.2. The van der Waals surface area contributed by atoms with Gasteiger partial charge in [-0.15, -0.1) is 0 Å². The van der Waals surface area contributed by atoms with Crippen molar-refractivity contribution in [2.75, 3.05) is 69.9 Å². The van der Waals surface area contributed by atoms with E-state index in [1.54, 1.807) is 0 Å². The van der Waals surface area contributed by atoms with E-state index < -0.39 is 0 Å². The van der Waals surface area contributed by atoms with Gasteiger partial charge in [0, 0.05) is 39.3 Å². The van der Waals surface area contributed by atoms with Crippen LogP contribution in [0.4, 0.5) is 34.1 Å². The van der Waals surface area contributed by atoms with Crippen molar-refractivity contribution in [2.45, 2.75) is 39.3 Å². The standard InChI is InChI=1S/C30H39N7/c1-4-35-25-16-10-7-13-22(25)31-28(35)19-34(20-29-32-23-14-8-11-17-26(23)36(29)5-2)21-30-33-24-15-9-12-18-27(24)37(30)6-3/h7-18,28-33H,4-6,19-21H2,1-3H3. The molecule has 3 aliphatic heterocycles. The second kappa shape index (κ2) is 10.1. The molecule has 0 fully saturated rings. The molecule has 3 unspecified atom stereocenters. The fourth-order valence-corrected chi connectivity index (χ4v) is 6.38. The minimum absolute atomic E-state index is 0.236. The van der Waals surface area contributed by atoms with Crippen molar-refractivity contribution >= 4 is 34.1 Å². The predicted octanol–water partition coefficient (Wildman–Crippen LogP) is 5.12. The average molecular weight is 498 g/mol. The van der Waals surface area contributed by atoms with Gasteiger partial charge in [-0.25, -0.2) is 0 Å². The molecule has 3 aromatic carbocycles. The zero-order valence-electron chi connectivity index (χ0n) is 22.2. The molecule has 0 aliphatic carbocycles. The molecule has 194 valence electrons. The molecule has 3 aliphatic rings. The highest BCUT2D eigenvalue weighted by atomic mass is 15.4. The van der Waals surface area contributed by atoms with Crippen LogP contribution < -0.4 is 30.7 Å². The molecule has 3 heterocycles. The number of benzene rings is 3. The molecule has 0 spiro atoms. The zero-order chi connectivity index (χ0) is 25.4. The Balaban J connectivity index is 1.25. The first-order valence-corrected chi connectivity index (χ1v) is 13.8. The number of likely N-dealkylation sites (N-methyl/N-ethyl adjacent to an activating group) is 3. The number of hydrogen-bond donors (Lipinski definition) is 3. The summed E-state index contributed by atoms with van der Waals surface area (Å²) in [5.74, 6) is 0. The molecule has 37 heavy (non-hydrogen) atoms. The second-order valence-corrected chi connectivity index (χ2v) is 10.1. The summed E-state index contributed by atoms with van der Waals surface area (Å²) >= 11 is 0. The van der Waals surface area contributed by atoms with Crippen LogP contribution in [0.15, 0.2) is 72.8 Å². The predicted molar refractivity (Wildman–Crippen MR) is 157 cm³/mol. The number of hydrogen-bond acceptors (Lipinski definition) is 7. The largest absolute Gasteiger partial charge is 0.362 e. The van der Waals surface area contributed by atoms with Gasteiger partial charge in [-0.3, -0.25) is 4.90 Å². The number of rotatable bonds is 9. The molecule has 0 radical (unpaired) electrons. The Morgan fingerprint density at radius 3 is 1.11 bits per heavy atom. The van der Waals surface area contributed by atoms with E-state index in [-0.39, 0.29) is 18.5 Å². The summed E-state index contributed by atoms with van der Waals surface area (Å²) in [7, 11) is 0. The summed E-state index contributed by atoms with van der Waals surface area (Å²) < 4.78 is 0. The molecule has 0 saturated heterocycles. The highest BCUT2D eigenvalue weighted by Crippen LogP contribution is 2.37. The molecular weight excluding hydrogens is 458 g/mol. The Kier molecular flexibility index (Phi) is 6.47. The van der Waals surface area contributed by atoms with Crippen molar-refractivity contribution in [3.63, 3.8) is 0 Å². The quantitative estimate of drug-likeness (QED) is 0.379. The van der Waals surface area contributed by atoms with E-state index in [9.17, 15) is 0 Å². The highest BCUT2D eigenvalue weighted by Gasteiger charge is 2.35. The first-order chi connectivity index (χ1) is 18.2. The van der Waals surface area contributed by atoms with E-state index in [0.29, 0.717) is 0 Å². The van der Waals surface area contributed by atoms with Gasteiger partial charge in [0.2, 0.25) is 0 Å². The minimum atomic E-state index is 0.236. The first-order valence-electron chi connectivity index (χ1n) is 13.8. The lowest BCUT2D eigenvalue weighted by Crippen LogP contribution is -2.55. The second-order valence-electron chi connectivity index (χ2n) is 10.1. The van der Waals surface area contributed by atoms with Gasteiger partial charge in [0.1, 0.15) is 18.5 Å². The van der Waals surface area contributed by atoms with Crippen molar-refractivity contribution in [2.24, 2.45) is 0 Å². The summed E-state index contributed by atoms with van der Waals surface area (Å²) in [6, 6.07) is 26.1. The number of nitrogens with one attached hydrogen (secondary N) is 3. The number of fused-ring (bicyclic) bond motifs is 3. The van der Waals surface area contributed by atoms with E-state index in [2.05, 4.69) is 129 Å². The molecule has 3 aromatic rings. The van der Waals surface area contributed by atoms with E-state index in [1.807, 2.05) is 0 Å². The van der Waals surface area contributed by atoms with Crippen LogP contribution in [-0.4, -0.2) is 62.7 Å². The van der Waals surface area contributed by atoms with E-state index in [0.717, 1.165) is 39.3 Å². The summed E-state index contributed by atoms with van der Waals surface area (Å²) in [5, 5.41) is 11.4. The molecule has 7 heteroatoms. The highest BCUT2D eigenvalue weighted by molar-refractivity contribution is 5.77. The van der Waals surface area contributed by atoms with E-state index in [4.69, 9.17) is 0 Å². The van der Waals surface area contributed by atoms with Crippen LogP contribution in [0.1, 0.15) is 20.8 Å². The van der Waals surface area contributed by atoms with E-state index in [1.165, 1.54) is 34.1 Å². The normalized spacial score (nSPS) is 21.4. The molecule has 7 nitrogen and oxygen atoms in total. The fourth-order valence-electron chi connectivity index (χ4n) is 6.38. The van der Waals surface area contributed by atoms with Gasteiger partial charge in [-0.1, -0.05) is 36.4 Å². The molecule has 0 saturated carbocycles. The van der Waals surface area contributed by atoms with Crippen molar-refractivity contribution in [3.8, 4) is 0 Å². The molecule has 0 aromatic heterocycles. The third-order valence-corrected chi connectivity index (χ3v) is 8.05. The smallest absolute Gasteiger partial charge is 0.112 e. The Labute approximate surface area is 221 Å². The van der Waals surface area contributed by atoms with Crippen LogP contribution in [0.2, 0.25) is 0 Å². The monoisotopic (exact) mass is 497 g/mol. The molecule has 0 amide bonds. The maximum Gasteiger partial charge on any atom is 0.112 e. The maximum atomic E-state index is 3.82. The third-order valence-electron chi connectivity index (χ3n) is 8.05. The molecule has 3 atom stereocenters. The van der Waals surface area contributed by atoms with Gasteiger partial charge >= 0.3 is 0 Å². The maximum absolute atomic E-state index is 3.82. The van der Waals surface area contributed by atoms with Gasteiger partial charge in [0.05, 0.1) is 34.1 Å². The van der Waals surface area contributed by atoms with Crippen LogP contribution >= 0.6 is 0 Å². The van der Waals surface area contributed by atoms with Crippen molar-refractivity contribution in [3.05, 3.63) is 72.8 Å². The van der Waals surface area contributed by atoms with Crippen LogP contribution in [0.25, 0.3) is 0 Å². The summed E-state index contributed by atoms with van der Waals surface area (Å²) in [4.78, 5) is 10.2. The van der Waals surface area contributed by atoms with Gasteiger partial charge in [-0.05, 0) is 57.2 Å². The molecule has 0 bridgehead atoms. The first kappa shape index (κ1) is 23.8. The van der Waals surface area contributed by atoms with Crippen LogP contribution in [0.5, 0.6) is 0 Å². The lowest BCUT2D eigenvalue weighted by Gasteiger charge is -2.38. The average Bonchev–Trinajstić information content (AvgIpc) is 3.58. The third kappa shape index (κ3) is 4.31. The van der Waals surface area contributed by atoms with Crippen molar-refractivity contribution in [1.82, 2.24) is 4.90 Å². The van der Waals surface area contributed by atoms with Crippen molar-refractivity contribution < 1.29 is 0 Å². The van der Waals surface area contributed by atoms with Crippen LogP contribution in [0.3, 0.4) is 0 Å². The molecule has 3 N–H and O–H groups in total. The Morgan fingerprint density at radius 1 is 0.514 bits per heavy atom. The Morgan fingerprint density at radius 2 is 0.811 bits per heavy atom. The van der Waals surface area contributed by atoms with Gasteiger partial charge < -0.3 is 30.7 Å². The Bertz CT molecular complexity index is 1080. The number of nitrogens with zero attached hydrogens (tertiary/aromatic N) is 4. The fraction of sp³-hybridized carbons (Fsp3) is 0.400. The number of para-hydroxylation sites is 6. The molecule has 6 rings (SSSR count). The summed E-state index contributed by atoms with van der Waals surface area (Å²) in [5.41, 5.74) is 7.61. The summed E-state index contributed by atoms with van der Waals surface area (Å²) in [6.45, 7) is 12.5. The minimum Gasteiger partial charge on any atom is -0.362 e. The lowest BCUT2D eigenvalue weighted by molar-refractivity contribution is 0.240. The SMILES string of the molecule is CCN1c2ccccc2NC1CN(CC1Nc2ccccc2N1CC)CC1Nc2ccccc2N1CC. The van der Waals surface area contributed by atoms with E-state index >= 15 is 0 Å². The van der Waals surface area contributed by atoms with Gasteiger partial charge in [0.25, 0.3) is 0 Å². The van der Waals surface area contributed by atoms with Gasteiger partial charge in [-0.2, -0.15) is 0 Å². The van der Waals surface area contributed by atoms with Crippen LogP contribution in [0, 0.1) is 0 Å². The topological polar surface area (TPSA) is 49.1 Å². The van der Waals surface area contributed by atoms with Crippen molar-refractivity contribution in [1.29, 1.82) is 0 Å². The lowest BCUT2D eigenvalue weighted by atomic mass is 10.2. The molecular formula is C30H39N7. The Hall–Kier alpha value is -3.58.